The number of hydrogen-bond donors (Lipinski definition) is 3. The number of ether oxygens (including phenoxy) is 2. The van der Waals surface area contributed by atoms with Crippen LogP contribution < -0.4 is 16.8 Å². The molecular formula is C20H24F2N6O3S. The summed E-state index contributed by atoms with van der Waals surface area (Å²) < 4.78 is 41.1. The highest BCUT2D eigenvalue weighted by Gasteiger charge is 2.28. The van der Waals surface area contributed by atoms with Crippen molar-refractivity contribution in [3.63, 3.8) is 0 Å². The summed E-state index contributed by atoms with van der Waals surface area (Å²) >= 11 is 0.828. The number of carbonyl (C=O) groups excluding carboxylic acids is 1. The van der Waals surface area contributed by atoms with Crippen molar-refractivity contribution in [2.24, 2.45) is 18.7 Å². The van der Waals surface area contributed by atoms with Crippen LogP contribution in [0.2, 0.25) is 0 Å². The van der Waals surface area contributed by atoms with Crippen LogP contribution in [-0.4, -0.2) is 40.9 Å². The lowest BCUT2D eigenvalue weighted by Gasteiger charge is -2.28. The molecule has 0 unspecified atom stereocenters. The summed E-state index contributed by atoms with van der Waals surface area (Å²) in [6, 6.07) is 3.48. The zero-order valence-corrected chi connectivity index (χ0v) is 18.6. The first-order chi connectivity index (χ1) is 15.3. The molecule has 4 rings (SSSR count). The minimum absolute atomic E-state index is 0.0207. The second-order valence-corrected chi connectivity index (χ2v) is 7.98. The summed E-state index contributed by atoms with van der Waals surface area (Å²) in [6.07, 6.45) is 0.776. The summed E-state index contributed by atoms with van der Waals surface area (Å²) in [6.45, 7) is 3.03. The molecule has 12 heteroatoms. The van der Waals surface area contributed by atoms with Gasteiger partial charge in [0, 0.05) is 13.0 Å². The minimum atomic E-state index is -0.786. The Labute approximate surface area is 187 Å². The Morgan fingerprint density at radius 2 is 1.88 bits per heavy atom. The number of rotatable bonds is 4. The molecule has 3 heterocycles. The number of carbonyl (C=O) groups is 1. The topological polar surface area (TPSA) is 130 Å². The van der Waals surface area contributed by atoms with Crippen LogP contribution in [0.4, 0.5) is 19.5 Å². The van der Waals surface area contributed by atoms with Gasteiger partial charge in [0.25, 0.3) is 5.91 Å². The molecule has 1 saturated heterocycles. The molecule has 2 aromatic heterocycles. The number of aryl methyl sites for hydroxylation is 1. The van der Waals surface area contributed by atoms with E-state index >= 15 is 0 Å². The summed E-state index contributed by atoms with van der Waals surface area (Å²) in [5.41, 5.74) is 10.9. The van der Waals surface area contributed by atoms with Crippen LogP contribution in [0.1, 0.15) is 29.4 Å². The molecule has 0 bridgehead atoms. The smallest absolute Gasteiger partial charge is 0.277 e. The molecule has 3 aromatic rings. The zero-order valence-electron chi connectivity index (χ0n) is 17.8. The number of hydrogen-bond acceptors (Lipinski definition) is 8. The molecule has 0 saturated carbocycles. The lowest BCUT2D eigenvalue weighted by Crippen LogP contribution is -2.27. The van der Waals surface area contributed by atoms with E-state index in [0.29, 0.717) is 24.6 Å². The van der Waals surface area contributed by atoms with Gasteiger partial charge in [-0.1, -0.05) is 24.3 Å². The van der Waals surface area contributed by atoms with Gasteiger partial charge >= 0.3 is 0 Å². The third-order valence-electron chi connectivity index (χ3n) is 4.57. The average molecular weight is 467 g/mol. The largest absolute Gasteiger partial charge is 0.389 e. The van der Waals surface area contributed by atoms with E-state index in [1.54, 1.807) is 11.7 Å². The molecule has 0 radical (unpaired) electrons. The van der Waals surface area contributed by atoms with Crippen molar-refractivity contribution in [3.8, 4) is 10.6 Å². The molecule has 1 aliphatic heterocycles. The first kappa shape index (κ1) is 23.7. The highest BCUT2D eigenvalue weighted by atomic mass is 32.1. The molecule has 1 amide bonds. The third kappa shape index (κ3) is 4.78. The minimum Gasteiger partial charge on any atom is -0.389 e. The molecule has 0 spiro atoms. The normalized spacial score (nSPS) is 18.1. The Balaban J connectivity index is 0.00000141. The molecule has 32 heavy (non-hydrogen) atoms. The number of benzene rings is 1. The number of thiazole rings is 1. The van der Waals surface area contributed by atoms with Crippen LogP contribution in [0.3, 0.4) is 0 Å². The van der Waals surface area contributed by atoms with Crippen molar-refractivity contribution in [1.29, 1.82) is 0 Å². The van der Waals surface area contributed by atoms with Gasteiger partial charge in [0.1, 0.15) is 27.3 Å². The molecule has 1 aromatic carbocycles. The van der Waals surface area contributed by atoms with Crippen LogP contribution in [0.25, 0.3) is 10.6 Å². The summed E-state index contributed by atoms with van der Waals surface area (Å²) in [5.74, 6) is -1.94. The van der Waals surface area contributed by atoms with Gasteiger partial charge < -0.3 is 26.3 Å². The number of nitrogens with zero attached hydrogens (tertiary/aromatic N) is 3. The molecule has 0 atom stereocenters. The molecule has 9 nitrogen and oxygen atoms in total. The van der Waals surface area contributed by atoms with Crippen molar-refractivity contribution in [1.82, 2.24) is 14.8 Å². The number of nitrogen functional groups attached to an aromatic ring is 1. The Morgan fingerprint density at radius 1 is 1.25 bits per heavy atom. The fraction of sp³-hybridized carbons (Fsp3) is 0.350. The third-order valence-corrected chi connectivity index (χ3v) is 5.47. The molecule has 172 valence electrons. The number of anilines is 2. The average Bonchev–Trinajstić information content (AvgIpc) is 3.32. The quantitative estimate of drug-likeness (QED) is 0.539. The first-order valence-corrected chi connectivity index (χ1v) is 10.5. The van der Waals surface area contributed by atoms with E-state index in [-0.39, 0.29) is 27.2 Å². The van der Waals surface area contributed by atoms with Gasteiger partial charge in [-0.2, -0.15) is 5.10 Å². The number of nitrogens with one attached hydrogen (secondary N) is 1. The highest BCUT2D eigenvalue weighted by Crippen LogP contribution is 2.35. The molecule has 0 aliphatic carbocycles. The summed E-state index contributed by atoms with van der Waals surface area (Å²) in [5, 5.41) is 6.85. The fourth-order valence-electron chi connectivity index (χ4n) is 3.07. The first-order valence-electron chi connectivity index (χ1n) is 9.70. The van der Waals surface area contributed by atoms with Gasteiger partial charge in [-0.3, -0.25) is 9.48 Å². The van der Waals surface area contributed by atoms with E-state index in [1.165, 1.54) is 19.3 Å². The maximum absolute atomic E-state index is 14.1. The maximum atomic E-state index is 14.1. The second-order valence-electron chi connectivity index (χ2n) is 6.95. The van der Waals surface area contributed by atoms with Crippen molar-refractivity contribution >= 4 is 27.9 Å². The fourth-order valence-corrected chi connectivity index (χ4v) is 3.94. The van der Waals surface area contributed by atoms with Gasteiger partial charge in [0.2, 0.25) is 6.29 Å². The van der Waals surface area contributed by atoms with Gasteiger partial charge in [-0.25, -0.2) is 13.8 Å². The van der Waals surface area contributed by atoms with Gasteiger partial charge in [-0.05, 0) is 19.2 Å². The van der Waals surface area contributed by atoms with Gasteiger partial charge in [0.15, 0.2) is 5.69 Å². The van der Waals surface area contributed by atoms with E-state index in [2.05, 4.69) is 21.1 Å². The van der Waals surface area contributed by atoms with E-state index in [1.807, 2.05) is 6.92 Å². The predicted molar refractivity (Wildman–Crippen MR) is 117 cm³/mol. The van der Waals surface area contributed by atoms with Gasteiger partial charge in [-0.15, -0.1) is 0 Å². The van der Waals surface area contributed by atoms with E-state index < -0.39 is 23.8 Å². The van der Waals surface area contributed by atoms with Crippen molar-refractivity contribution in [2.75, 3.05) is 31.3 Å². The van der Waals surface area contributed by atoms with Gasteiger partial charge in [0.05, 0.1) is 30.7 Å². The highest BCUT2D eigenvalue weighted by molar-refractivity contribution is 7.19. The number of halogens is 2. The molecular weight excluding hydrogens is 442 g/mol. The van der Waals surface area contributed by atoms with Crippen LogP contribution in [0.5, 0.6) is 0 Å². The van der Waals surface area contributed by atoms with Crippen molar-refractivity contribution < 1.29 is 23.0 Å². The maximum Gasteiger partial charge on any atom is 0.277 e. The van der Waals surface area contributed by atoms with Crippen LogP contribution in [0.15, 0.2) is 24.4 Å². The van der Waals surface area contributed by atoms with Crippen LogP contribution >= 0.6 is 11.3 Å². The molecule has 1 fully saturated rings. The van der Waals surface area contributed by atoms with Crippen LogP contribution in [-0.2, 0) is 16.5 Å². The second kappa shape index (κ2) is 10.1. The summed E-state index contributed by atoms with van der Waals surface area (Å²) in [7, 11) is 3.20. The predicted octanol–water partition coefficient (Wildman–Crippen LogP) is 2.91. The van der Waals surface area contributed by atoms with Crippen LogP contribution in [0, 0.1) is 17.6 Å². The lowest BCUT2D eigenvalue weighted by atomic mass is 10.2. The Kier molecular flexibility index (Phi) is 7.51. The van der Waals surface area contributed by atoms with E-state index in [0.717, 1.165) is 23.5 Å². The van der Waals surface area contributed by atoms with Crippen molar-refractivity contribution in [2.45, 2.75) is 13.2 Å². The van der Waals surface area contributed by atoms with E-state index in [9.17, 15) is 13.6 Å². The number of aromatic nitrogens is 3. The van der Waals surface area contributed by atoms with Crippen molar-refractivity contribution in [3.05, 3.63) is 47.4 Å². The summed E-state index contributed by atoms with van der Waals surface area (Å²) in [4.78, 5) is 16.9. The Morgan fingerprint density at radius 3 is 2.50 bits per heavy atom. The standard InChI is InChI=1S/C19H19F2N5O3S.CH5N/c1-9-7-28-19(29-8-9)15-12(6-23-26(15)2)24-17(27)14-16(22)30-18(25-14)13-10(20)4-3-5-11(13)21;1-2/h3-6,9,19H,7-8,22H2,1-2H3,(H,24,27);2H2,1H3. The number of amides is 1. The molecule has 5 N–H and O–H groups in total. The monoisotopic (exact) mass is 466 g/mol. The van der Waals surface area contributed by atoms with E-state index in [4.69, 9.17) is 15.2 Å². The Hall–Kier alpha value is -2.93. The number of nitrogens with two attached hydrogens (primary N) is 2. The Bertz CT molecular complexity index is 1070. The zero-order chi connectivity index (χ0) is 23.4. The molecule has 1 aliphatic rings. The SMILES string of the molecule is CC1COC(c2c(NC(=O)c3nc(-c4c(F)cccc4F)sc3N)cnn2C)OC1.CN. The lowest BCUT2D eigenvalue weighted by molar-refractivity contribution is -0.205.